The van der Waals surface area contributed by atoms with Gasteiger partial charge < -0.3 is 10.4 Å². The molecule has 1 aromatic carbocycles. The van der Waals surface area contributed by atoms with E-state index in [0.717, 1.165) is 29.8 Å². The fourth-order valence-electron chi connectivity index (χ4n) is 1.47. The highest BCUT2D eigenvalue weighted by Crippen LogP contribution is 2.15. The average molecular weight is 253 g/mol. The summed E-state index contributed by atoms with van der Waals surface area (Å²) in [7, 11) is 0. The molecule has 0 atom stereocenters. The van der Waals surface area contributed by atoms with Crippen LogP contribution in [0.15, 0.2) is 24.3 Å². The highest BCUT2D eigenvalue weighted by atomic mass is 32.2. The Bertz CT molecular complexity index is 355. The summed E-state index contributed by atoms with van der Waals surface area (Å²) in [5.41, 5.74) is 2.06. The maximum atomic E-state index is 11.6. The Hall–Kier alpha value is -1.000. The van der Waals surface area contributed by atoms with Crippen LogP contribution in [0.5, 0.6) is 0 Å². The fourth-order valence-corrected chi connectivity index (χ4v) is 2.20. The standard InChI is InChI=1S/C13H19NO2S/c1-2-11-6-3-4-7-12(11)14-13(16)10-17-9-5-8-15/h3-4,6-7,15H,2,5,8-10H2,1H3,(H,14,16). The Labute approximate surface area is 107 Å². The van der Waals surface area contributed by atoms with Gasteiger partial charge in [-0.2, -0.15) is 11.8 Å². The first-order chi connectivity index (χ1) is 8.27. The number of benzene rings is 1. The van der Waals surface area contributed by atoms with Crippen LogP contribution in [0.1, 0.15) is 18.9 Å². The molecule has 0 heterocycles. The number of aliphatic hydroxyl groups excluding tert-OH is 1. The molecule has 2 N–H and O–H groups in total. The normalized spacial score (nSPS) is 10.2. The van der Waals surface area contributed by atoms with Crippen molar-refractivity contribution < 1.29 is 9.90 Å². The first-order valence-corrected chi connectivity index (χ1v) is 6.99. The van der Waals surface area contributed by atoms with Gasteiger partial charge >= 0.3 is 0 Å². The summed E-state index contributed by atoms with van der Waals surface area (Å²) in [6.07, 6.45) is 1.65. The Balaban J connectivity index is 2.39. The molecule has 0 spiro atoms. The van der Waals surface area contributed by atoms with Crippen LogP contribution in [0.2, 0.25) is 0 Å². The molecule has 1 aromatic rings. The first kappa shape index (κ1) is 14.1. The van der Waals surface area contributed by atoms with Crippen LogP contribution in [0.3, 0.4) is 0 Å². The molecule has 17 heavy (non-hydrogen) atoms. The smallest absolute Gasteiger partial charge is 0.234 e. The number of anilines is 1. The molecule has 0 bridgehead atoms. The SMILES string of the molecule is CCc1ccccc1NC(=O)CSCCCO. The van der Waals surface area contributed by atoms with Crippen molar-refractivity contribution in [3.63, 3.8) is 0 Å². The number of aryl methyl sites for hydroxylation is 1. The van der Waals surface area contributed by atoms with Crippen LogP contribution in [-0.2, 0) is 11.2 Å². The van der Waals surface area contributed by atoms with E-state index in [1.54, 1.807) is 11.8 Å². The van der Waals surface area contributed by atoms with Crippen molar-refractivity contribution in [3.05, 3.63) is 29.8 Å². The summed E-state index contributed by atoms with van der Waals surface area (Å²) in [6, 6.07) is 7.85. The topological polar surface area (TPSA) is 49.3 Å². The zero-order valence-corrected chi connectivity index (χ0v) is 10.9. The van der Waals surface area contributed by atoms with Gasteiger partial charge in [-0.3, -0.25) is 4.79 Å². The van der Waals surface area contributed by atoms with Crippen LogP contribution in [0.4, 0.5) is 5.69 Å². The number of thioether (sulfide) groups is 1. The summed E-state index contributed by atoms with van der Waals surface area (Å²) in [5, 5.41) is 11.5. The number of hydrogen-bond donors (Lipinski definition) is 2. The van der Waals surface area contributed by atoms with Crippen molar-refractivity contribution in [1.82, 2.24) is 0 Å². The van der Waals surface area contributed by atoms with E-state index in [1.165, 1.54) is 0 Å². The Morgan fingerprint density at radius 2 is 2.18 bits per heavy atom. The molecule has 0 aliphatic rings. The van der Waals surface area contributed by atoms with Crippen molar-refractivity contribution >= 4 is 23.4 Å². The maximum Gasteiger partial charge on any atom is 0.234 e. The molecule has 0 saturated heterocycles. The largest absolute Gasteiger partial charge is 0.396 e. The molecule has 94 valence electrons. The van der Waals surface area contributed by atoms with Gasteiger partial charge in [0.1, 0.15) is 0 Å². The van der Waals surface area contributed by atoms with Crippen molar-refractivity contribution in [2.45, 2.75) is 19.8 Å². The molecule has 0 fully saturated rings. The molecule has 1 amide bonds. The minimum Gasteiger partial charge on any atom is -0.396 e. The summed E-state index contributed by atoms with van der Waals surface area (Å²) in [6.45, 7) is 2.26. The Morgan fingerprint density at radius 3 is 2.88 bits per heavy atom. The molecule has 0 aromatic heterocycles. The van der Waals surface area contributed by atoms with Gasteiger partial charge in [-0.25, -0.2) is 0 Å². The summed E-state index contributed by atoms with van der Waals surface area (Å²) in [4.78, 5) is 11.6. The van der Waals surface area contributed by atoms with Gasteiger partial charge in [0.05, 0.1) is 5.75 Å². The predicted molar refractivity (Wildman–Crippen MR) is 73.5 cm³/mol. The van der Waals surface area contributed by atoms with E-state index in [9.17, 15) is 4.79 Å². The van der Waals surface area contributed by atoms with Crippen LogP contribution >= 0.6 is 11.8 Å². The van der Waals surface area contributed by atoms with Gasteiger partial charge in [-0.05, 0) is 30.2 Å². The van der Waals surface area contributed by atoms with E-state index in [-0.39, 0.29) is 12.5 Å². The maximum absolute atomic E-state index is 11.6. The van der Waals surface area contributed by atoms with Gasteiger partial charge in [0, 0.05) is 12.3 Å². The number of hydrogen-bond acceptors (Lipinski definition) is 3. The Morgan fingerprint density at radius 1 is 1.41 bits per heavy atom. The van der Waals surface area contributed by atoms with Crippen molar-refractivity contribution in [2.75, 3.05) is 23.4 Å². The number of para-hydroxylation sites is 1. The zero-order chi connectivity index (χ0) is 12.5. The van der Waals surface area contributed by atoms with Gasteiger partial charge in [0.25, 0.3) is 0 Å². The van der Waals surface area contributed by atoms with E-state index in [4.69, 9.17) is 5.11 Å². The number of carbonyl (C=O) groups is 1. The second-order valence-corrected chi connectivity index (χ2v) is 4.79. The van der Waals surface area contributed by atoms with Crippen LogP contribution < -0.4 is 5.32 Å². The van der Waals surface area contributed by atoms with Crippen molar-refractivity contribution in [3.8, 4) is 0 Å². The summed E-state index contributed by atoms with van der Waals surface area (Å²) >= 11 is 1.55. The first-order valence-electron chi connectivity index (χ1n) is 5.84. The van der Waals surface area contributed by atoms with E-state index < -0.39 is 0 Å². The number of carbonyl (C=O) groups excluding carboxylic acids is 1. The van der Waals surface area contributed by atoms with Crippen LogP contribution in [0.25, 0.3) is 0 Å². The zero-order valence-electron chi connectivity index (χ0n) is 10.1. The highest BCUT2D eigenvalue weighted by molar-refractivity contribution is 7.99. The minimum atomic E-state index is 0.0221. The molecule has 0 unspecified atom stereocenters. The lowest BCUT2D eigenvalue weighted by molar-refractivity contribution is -0.113. The molecule has 0 aliphatic carbocycles. The number of nitrogens with one attached hydrogen (secondary N) is 1. The Kier molecular flexibility index (Phi) is 6.74. The minimum absolute atomic E-state index is 0.0221. The summed E-state index contributed by atoms with van der Waals surface area (Å²) in [5.74, 6) is 1.28. The molecule has 3 nitrogen and oxygen atoms in total. The molecule has 0 radical (unpaired) electrons. The third-order valence-corrected chi connectivity index (χ3v) is 3.40. The molecule has 1 rings (SSSR count). The predicted octanol–water partition coefficient (Wildman–Crippen LogP) is 2.30. The third-order valence-electron chi connectivity index (χ3n) is 2.35. The number of rotatable bonds is 7. The molecule has 0 saturated carbocycles. The molecule has 4 heteroatoms. The van der Waals surface area contributed by atoms with Gasteiger partial charge in [0.2, 0.25) is 5.91 Å². The van der Waals surface area contributed by atoms with Crippen LogP contribution in [0, 0.1) is 0 Å². The number of aliphatic hydroxyl groups is 1. The van der Waals surface area contributed by atoms with Gasteiger partial charge in [0.15, 0.2) is 0 Å². The third kappa shape index (κ3) is 5.24. The average Bonchev–Trinajstić information content (AvgIpc) is 2.35. The molecular formula is C13H19NO2S. The lowest BCUT2D eigenvalue weighted by Crippen LogP contribution is -2.15. The lowest BCUT2D eigenvalue weighted by Gasteiger charge is -2.09. The van der Waals surface area contributed by atoms with Crippen molar-refractivity contribution in [1.29, 1.82) is 0 Å². The van der Waals surface area contributed by atoms with Gasteiger partial charge in [-0.15, -0.1) is 0 Å². The molecule has 0 aliphatic heterocycles. The number of amides is 1. The van der Waals surface area contributed by atoms with E-state index in [2.05, 4.69) is 12.2 Å². The van der Waals surface area contributed by atoms with Crippen LogP contribution in [-0.4, -0.2) is 29.1 Å². The van der Waals surface area contributed by atoms with Gasteiger partial charge in [-0.1, -0.05) is 25.1 Å². The van der Waals surface area contributed by atoms with E-state index in [1.807, 2.05) is 24.3 Å². The highest BCUT2D eigenvalue weighted by Gasteiger charge is 2.05. The summed E-state index contributed by atoms with van der Waals surface area (Å²) < 4.78 is 0. The lowest BCUT2D eigenvalue weighted by atomic mass is 10.1. The second kappa shape index (κ2) is 8.14. The monoisotopic (exact) mass is 253 g/mol. The quantitative estimate of drug-likeness (QED) is 0.733. The second-order valence-electron chi connectivity index (χ2n) is 3.69. The molecular weight excluding hydrogens is 234 g/mol. The van der Waals surface area contributed by atoms with E-state index >= 15 is 0 Å². The van der Waals surface area contributed by atoms with Crippen molar-refractivity contribution in [2.24, 2.45) is 0 Å². The van der Waals surface area contributed by atoms with E-state index in [0.29, 0.717) is 5.75 Å². The fraction of sp³-hybridized carbons (Fsp3) is 0.462.